The van der Waals surface area contributed by atoms with Crippen LogP contribution >= 0.6 is 0 Å². The molecule has 0 unspecified atom stereocenters. The van der Waals surface area contributed by atoms with Crippen molar-refractivity contribution in [2.45, 2.75) is 38.0 Å². The second kappa shape index (κ2) is 6.20. The van der Waals surface area contributed by atoms with Crippen molar-refractivity contribution in [3.8, 4) is 11.3 Å². The molecule has 4 heteroatoms. The Labute approximate surface area is 150 Å². The molecular formula is C22H19FN2O. The molecule has 0 N–H and O–H groups in total. The second-order valence-electron chi connectivity index (χ2n) is 7.13. The minimum atomic E-state index is -0.307. The van der Waals surface area contributed by atoms with Crippen LogP contribution in [0, 0.1) is 5.82 Å². The largest absolute Gasteiger partial charge is 0.438 e. The number of pyridine rings is 2. The summed E-state index contributed by atoms with van der Waals surface area (Å²) in [7, 11) is 0. The molecule has 4 aromatic rings. The Bertz CT molecular complexity index is 1100. The first-order valence-corrected chi connectivity index (χ1v) is 9.22. The summed E-state index contributed by atoms with van der Waals surface area (Å²) in [5.74, 6) is 0.332. The number of rotatable bonds is 2. The van der Waals surface area contributed by atoms with Gasteiger partial charge in [0, 0.05) is 34.8 Å². The zero-order valence-electron chi connectivity index (χ0n) is 14.4. The molecule has 1 aliphatic rings. The van der Waals surface area contributed by atoms with Crippen molar-refractivity contribution in [3.05, 3.63) is 60.2 Å². The Morgan fingerprint density at radius 3 is 2.69 bits per heavy atom. The molecule has 1 aliphatic carbocycles. The maximum absolute atomic E-state index is 13.4. The summed E-state index contributed by atoms with van der Waals surface area (Å²) in [6.07, 6.45) is 10.2. The zero-order valence-corrected chi connectivity index (χ0v) is 14.4. The third-order valence-electron chi connectivity index (χ3n) is 5.45. The monoisotopic (exact) mass is 346 g/mol. The Morgan fingerprint density at radius 1 is 0.923 bits per heavy atom. The minimum Gasteiger partial charge on any atom is -0.438 e. The van der Waals surface area contributed by atoms with Gasteiger partial charge in [-0.1, -0.05) is 19.3 Å². The van der Waals surface area contributed by atoms with Crippen molar-refractivity contribution < 1.29 is 8.81 Å². The van der Waals surface area contributed by atoms with E-state index in [1.54, 1.807) is 12.3 Å². The number of nitrogens with zero attached hydrogens (tertiary/aromatic N) is 2. The molecule has 0 spiro atoms. The molecule has 3 heterocycles. The second-order valence-corrected chi connectivity index (χ2v) is 7.13. The van der Waals surface area contributed by atoms with E-state index in [0.29, 0.717) is 17.2 Å². The summed E-state index contributed by atoms with van der Waals surface area (Å²) < 4.78 is 19.1. The van der Waals surface area contributed by atoms with Crippen LogP contribution < -0.4 is 0 Å². The van der Waals surface area contributed by atoms with Crippen LogP contribution in [0.15, 0.2) is 53.2 Å². The van der Waals surface area contributed by atoms with E-state index < -0.39 is 0 Å². The van der Waals surface area contributed by atoms with Gasteiger partial charge in [-0.25, -0.2) is 9.37 Å². The highest BCUT2D eigenvalue weighted by Gasteiger charge is 2.17. The molecule has 0 amide bonds. The number of hydrogen-bond donors (Lipinski definition) is 0. The van der Waals surface area contributed by atoms with Gasteiger partial charge in [0.05, 0.1) is 5.69 Å². The molecule has 26 heavy (non-hydrogen) atoms. The molecular weight excluding hydrogens is 327 g/mol. The average Bonchev–Trinajstić information content (AvgIpc) is 3.05. The van der Waals surface area contributed by atoms with Crippen LogP contribution in [-0.2, 0) is 0 Å². The van der Waals surface area contributed by atoms with Crippen molar-refractivity contribution in [2.24, 2.45) is 0 Å². The average molecular weight is 346 g/mol. The summed E-state index contributed by atoms with van der Waals surface area (Å²) in [4.78, 5) is 9.00. The van der Waals surface area contributed by atoms with Gasteiger partial charge in [0.2, 0.25) is 5.71 Å². The standard InChI is InChI=1S/C22H19FN2O/c23-17-6-7-18-19-10-16(13-25-22(19)26-21(18)12-17)20-11-15(8-9-24-20)14-4-2-1-3-5-14/h6-14H,1-5H2. The van der Waals surface area contributed by atoms with Crippen LogP contribution in [0.25, 0.3) is 33.3 Å². The molecule has 0 saturated heterocycles. The normalized spacial score (nSPS) is 15.7. The third kappa shape index (κ3) is 2.66. The van der Waals surface area contributed by atoms with E-state index in [1.165, 1.54) is 49.8 Å². The lowest BCUT2D eigenvalue weighted by Crippen LogP contribution is -2.04. The molecule has 0 bridgehead atoms. The van der Waals surface area contributed by atoms with E-state index in [4.69, 9.17) is 4.42 Å². The third-order valence-corrected chi connectivity index (χ3v) is 5.45. The molecule has 1 aromatic carbocycles. The lowest BCUT2D eigenvalue weighted by Gasteiger charge is -2.22. The van der Waals surface area contributed by atoms with Crippen LogP contribution in [0.5, 0.6) is 0 Å². The smallest absolute Gasteiger partial charge is 0.227 e. The SMILES string of the molecule is Fc1ccc2c(c1)oc1ncc(-c3cc(C4CCCCC4)ccn3)cc12. The molecule has 1 saturated carbocycles. The van der Waals surface area contributed by atoms with Crippen molar-refractivity contribution in [3.63, 3.8) is 0 Å². The molecule has 0 atom stereocenters. The zero-order chi connectivity index (χ0) is 17.5. The van der Waals surface area contributed by atoms with Crippen molar-refractivity contribution >= 4 is 22.1 Å². The van der Waals surface area contributed by atoms with Crippen LogP contribution in [0.2, 0.25) is 0 Å². The summed E-state index contributed by atoms with van der Waals surface area (Å²) >= 11 is 0. The summed E-state index contributed by atoms with van der Waals surface area (Å²) in [5, 5.41) is 1.77. The number of halogens is 1. The van der Waals surface area contributed by atoms with Crippen LogP contribution in [-0.4, -0.2) is 9.97 Å². The number of furan rings is 1. The van der Waals surface area contributed by atoms with Gasteiger partial charge in [0.1, 0.15) is 11.4 Å². The summed E-state index contributed by atoms with van der Waals surface area (Å²) in [6, 6.07) is 11.0. The lowest BCUT2D eigenvalue weighted by atomic mass is 9.84. The van der Waals surface area contributed by atoms with Gasteiger partial charge in [-0.3, -0.25) is 4.98 Å². The molecule has 5 rings (SSSR count). The van der Waals surface area contributed by atoms with E-state index >= 15 is 0 Å². The first-order valence-electron chi connectivity index (χ1n) is 9.22. The van der Waals surface area contributed by atoms with Gasteiger partial charge in [0.25, 0.3) is 0 Å². The van der Waals surface area contributed by atoms with E-state index in [9.17, 15) is 4.39 Å². The molecule has 3 nitrogen and oxygen atoms in total. The van der Waals surface area contributed by atoms with Crippen LogP contribution in [0.3, 0.4) is 0 Å². The first kappa shape index (κ1) is 15.5. The van der Waals surface area contributed by atoms with Crippen LogP contribution in [0.4, 0.5) is 4.39 Å². The first-order chi connectivity index (χ1) is 12.8. The summed E-state index contributed by atoms with van der Waals surface area (Å²) in [5.41, 5.74) is 4.31. The van der Waals surface area contributed by atoms with Gasteiger partial charge >= 0.3 is 0 Å². The fraction of sp³-hybridized carbons (Fsp3) is 0.273. The predicted molar refractivity (Wildman–Crippen MR) is 101 cm³/mol. The van der Waals surface area contributed by atoms with Gasteiger partial charge in [0.15, 0.2) is 0 Å². The van der Waals surface area contributed by atoms with Crippen molar-refractivity contribution in [1.82, 2.24) is 9.97 Å². The highest BCUT2D eigenvalue weighted by molar-refractivity contribution is 6.04. The quantitative estimate of drug-likeness (QED) is 0.432. The molecule has 130 valence electrons. The fourth-order valence-corrected chi connectivity index (χ4v) is 4.07. The summed E-state index contributed by atoms with van der Waals surface area (Å²) in [6.45, 7) is 0. The van der Waals surface area contributed by atoms with Gasteiger partial charge in [-0.2, -0.15) is 0 Å². The fourth-order valence-electron chi connectivity index (χ4n) is 4.07. The Morgan fingerprint density at radius 2 is 1.81 bits per heavy atom. The van der Waals surface area contributed by atoms with Crippen LogP contribution in [0.1, 0.15) is 43.6 Å². The highest BCUT2D eigenvalue weighted by atomic mass is 19.1. The number of fused-ring (bicyclic) bond motifs is 3. The van der Waals surface area contributed by atoms with E-state index in [-0.39, 0.29) is 5.82 Å². The maximum atomic E-state index is 13.4. The Balaban J connectivity index is 1.59. The van der Waals surface area contributed by atoms with Gasteiger partial charge in [-0.15, -0.1) is 0 Å². The van der Waals surface area contributed by atoms with Gasteiger partial charge < -0.3 is 4.42 Å². The molecule has 0 aliphatic heterocycles. The number of aromatic nitrogens is 2. The lowest BCUT2D eigenvalue weighted by molar-refractivity contribution is 0.443. The maximum Gasteiger partial charge on any atom is 0.227 e. The van der Waals surface area contributed by atoms with E-state index in [0.717, 1.165) is 22.0 Å². The molecule has 1 fully saturated rings. The predicted octanol–water partition coefficient (Wildman–Crippen LogP) is 6.23. The van der Waals surface area contributed by atoms with E-state index in [1.807, 2.05) is 12.3 Å². The Kier molecular flexibility index (Phi) is 3.70. The molecule has 0 radical (unpaired) electrons. The van der Waals surface area contributed by atoms with Gasteiger partial charge in [-0.05, 0) is 54.7 Å². The number of benzene rings is 1. The van der Waals surface area contributed by atoms with E-state index in [2.05, 4.69) is 22.1 Å². The van der Waals surface area contributed by atoms with Crippen molar-refractivity contribution in [1.29, 1.82) is 0 Å². The Hall–Kier alpha value is -2.75. The van der Waals surface area contributed by atoms with Crippen molar-refractivity contribution in [2.75, 3.05) is 0 Å². The highest BCUT2D eigenvalue weighted by Crippen LogP contribution is 2.35. The number of hydrogen-bond acceptors (Lipinski definition) is 3. The minimum absolute atomic E-state index is 0.307. The molecule has 3 aromatic heterocycles. The topological polar surface area (TPSA) is 38.9 Å².